The van der Waals surface area contributed by atoms with Gasteiger partial charge in [-0.05, 0) is 49.0 Å². The Bertz CT molecular complexity index is 557. The third-order valence-corrected chi connectivity index (χ3v) is 5.55. The van der Waals surface area contributed by atoms with Crippen LogP contribution in [0.4, 0.5) is 0 Å². The Morgan fingerprint density at radius 2 is 1.84 bits per heavy atom. The Labute approximate surface area is 127 Å². The zero-order valence-corrected chi connectivity index (χ0v) is 13.8. The molecule has 0 saturated carbocycles. The molecule has 1 nitrogen and oxygen atoms in total. The number of hydrogen-bond acceptors (Lipinski definition) is 2. The molecule has 100 valence electrons. The summed E-state index contributed by atoms with van der Waals surface area (Å²) < 4.78 is 0.547. The standard InChI is InChI=1S/C16H17BrOS/c1-4-16(9-11(2)12(3)10-19-16)15(18)13-5-7-14(17)8-6-13/h5-10H,4H2,1-3H3. The van der Waals surface area contributed by atoms with E-state index in [1.54, 1.807) is 11.8 Å². The third kappa shape index (κ3) is 2.87. The highest BCUT2D eigenvalue weighted by Crippen LogP contribution is 2.41. The summed E-state index contributed by atoms with van der Waals surface area (Å²) in [7, 11) is 0. The van der Waals surface area contributed by atoms with Crippen molar-refractivity contribution in [2.45, 2.75) is 31.9 Å². The van der Waals surface area contributed by atoms with Gasteiger partial charge >= 0.3 is 0 Å². The van der Waals surface area contributed by atoms with Gasteiger partial charge in [-0.15, -0.1) is 11.8 Å². The van der Waals surface area contributed by atoms with Crippen LogP contribution in [0.3, 0.4) is 0 Å². The van der Waals surface area contributed by atoms with E-state index in [4.69, 9.17) is 0 Å². The molecular weight excluding hydrogens is 320 g/mol. The number of carbonyl (C=O) groups excluding carboxylic acids is 1. The maximum Gasteiger partial charge on any atom is 0.183 e. The Morgan fingerprint density at radius 1 is 1.21 bits per heavy atom. The van der Waals surface area contributed by atoms with Crippen LogP contribution in [0.25, 0.3) is 0 Å². The molecule has 0 fully saturated rings. The monoisotopic (exact) mass is 336 g/mol. The molecule has 1 aromatic rings. The molecule has 0 aromatic heterocycles. The van der Waals surface area contributed by atoms with Crippen molar-refractivity contribution in [2.24, 2.45) is 0 Å². The maximum absolute atomic E-state index is 12.8. The molecule has 1 aliphatic rings. The van der Waals surface area contributed by atoms with Crippen molar-refractivity contribution in [1.29, 1.82) is 0 Å². The zero-order chi connectivity index (χ0) is 14.0. The molecule has 0 radical (unpaired) electrons. The molecule has 0 saturated heterocycles. The van der Waals surface area contributed by atoms with E-state index in [0.29, 0.717) is 0 Å². The largest absolute Gasteiger partial charge is 0.292 e. The van der Waals surface area contributed by atoms with E-state index in [0.717, 1.165) is 16.5 Å². The van der Waals surface area contributed by atoms with Gasteiger partial charge in [-0.3, -0.25) is 4.79 Å². The summed E-state index contributed by atoms with van der Waals surface area (Å²) in [6.45, 7) is 6.23. The average molecular weight is 337 g/mol. The number of ketones is 1. The Kier molecular flexibility index (Phi) is 4.36. The summed E-state index contributed by atoms with van der Waals surface area (Å²) >= 11 is 5.03. The van der Waals surface area contributed by atoms with Crippen molar-refractivity contribution in [3.05, 3.63) is 56.9 Å². The number of rotatable bonds is 3. The summed E-state index contributed by atoms with van der Waals surface area (Å²) in [6.07, 6.45) is 2.92. The molecule has 0 spiro atoms. The highest BCUT2D eigenvalue weighted by Gasteiger charge is 2.37. The van der Waals surface area contributed by atoms with Gasteiger partial charge in [-0.1, -0.05) is 41.1 Å². The average Bonchev–Trinajstić information content (AvgIpc) is 2.42. The number of thioether (sulfide) groups is 1. The van der Waals surface area contributed by atoms with Gasteiger partial charge in [0.05, 0.1) is 0 Å². The molecule has 1 aliphatic heterocycles. The van der Waals surface area contributed by atoms with Crippen LogP contribution in [0, 0.1) is 0 Å². The van der Waals surface area contributed by atoms with Gasteiger partial charge in [0.2, 0.25) is 0 Å². The molecule has 19 heavy (non-hydrogen) atoms. The Morgan fingerprint density at radius 3 is 2.37 bits per heavy atom. The second-order valence-corrected chi connectivity index (χ2v) is 6.94. The summed E-state index contributed by atoms with van der Waals surface area (Å²) in [5, 5.41) is 2.11. The fraction of sp³-hybridized carbons (Fsp3) is 0.312. The first kappa shape index (κ1) is 14.6. The van der Waals surface area contributed by atoms with Gasteiger partial charge in [0, 0.05) is 10.0 Å². The lowest BCUT2D eigenvalue weighted by Crippen LogP contribution is -2.33. The second kappa shape index (κ2) is 5.68. The van der Waals surface area contributed by atoms with Crippen LogP contribution in [0.5, 0.6) is 0 Å². The molecule has 0 amide bonds. The van der Waals surface area contributed by atoms with Crippen LogP contribution in [-0.2, 0) is 0 Å². The van der Waals surface area contributed by atoms with E-state index in [1.807, 2.05) is 24.3 Å². The number of allylic oxidation sites excluding steroid dienone is 2. The van der Waals surface area contributed by atoms with Gasteiger partial charge in [-0.2, -0.15) is 0 Å². The zero-order valence-electron chi connectivity index (χ0n) is 11.4. The quantitative estimate of drug-likeness (QED) is 0.689. The lowest BCUT2D eigenvalue weighted by atomic mass is 9.91. The van der Waals surface area contributed by atoms with Crippen LogP contribution in [0.15, 0.2) is 51.4 Å². The Hall–Kier alpha value is -0.800. The molecule has 0 aliphatic carbocycles. The SMILES string of the molecule is CCC1(C(=O)c2ccc(Br)cc2)C=C(C)C(C)=CS1. The number of hydrogen-bond donors (Lipinski definition) is 0. The summed E-state index contributed by atoms with van der Waals surface area (Å²) in [4.78, 5) is 12.8. The minimum absolute atomic E-state index is 0.190. The maximum atomic E-state index is 12.8. The van der Waals surface area contributed by atoms with Gasteiger partial charge in [0.25, 0.3) is 0 Å². The van der Waals surface area contributed by atoms with Gasteiger partial charge in [0.1, 0.15) is 4.75 Å². The number of carbonyl (C=O) groups is 1. The normalized spacial score (nSPS) is 22.7. The number of benzene rings is 1. The molecule has 3 heteroatoms. The van der Waals surface area contributed by atoms with Crippen molar-refractivity contribution in [3.63, 3.8) is 0 Å². The molecule has 1 unspecified atom stereocenters. The van der Waals surface area contributed by atoms with Crippen molar-refractivity contribution in [1.82, 2.24) is 0 Å². The van der Waals surface area contributed by atoms with Crippen molar-refractivity contribution in [3.8, 4) is 0 Å². The van der Waals surface area contributed by atoms with Crippen molar-refractivity contribution in [2.75, 3.05) is 0 Å². The summed E-state index contributed by atoms with van der Waals surface area (Å²) in [5.74, 6) is 0.190. The molecule has 1 heterocycles. The lowest BCUT2D eigenvalue weighted by Gasteiger charge is -2.30. The minimum Gasteiger partial charge on any atom is -0.292 e. The van der Waals surface area contributed by atoms with Gasteiger partial charge in [0.15, 0.2) is 5.78 Å². The van der Waals surface area contributed by atoms with Gasteiger partial charge in [-0.25, -0.2) is 0 Å². The summed E-state index contributed by atoms with van der Waals surface area (Å²) in [6, 6.07) is 7.61. The number of halogens is 1. The lowest BCUT2D eigenvalue weighted by molar-refractivity contribution is 0.0961. The second-order valence-electron chi connectivity index (χ2n) is 4.83. The molecule has 1 atom stereocenters. The molecular formula is C16H17BrOS. The molecule has 0 N–H and O–H groups in total. The topological polar surface area (TPSA) is 17.1 Å². The fourth-order valence-corrected chi connectivity index (χ4v) is 3.57. The smallest absolute Gasteiger partial charge is 0.183 e. The van der Waals surface area contributed by atoms with E-state index in [2.05, 4.69) is 48.2 Å². The van der Waals surface area contributed by atoms with E-state index in [9.17, 15) is 4.79 Å². The highest BCUT2D eigenvalue weighted by atomic mass is 79.9. The van der Waals surface area contributed by atoms with Gasteiger partial charge < -0.3 is 0 Å². The third-order valence-electron chi connectivity index (χ3n) is 3.53. The van der Waals surface area contributed by atoms with E-state index in [-0.39, 0.29) is 5.78 Å². The Balaban J connectivity index is 2.38. The molecule has 1 aromatic carbocycles. The van der Waals surface area contributed by atoms with Crippen LogP contribution in [0.2, 0.25) is 0 Å². The fourth-order valence-electron chi connectivity index (χ4n) is 2.09. The van der Waals surface area contributed by atoms with E-state index >= 15 is 0 Å². The summed E-state index contributed by atoms with van der Waals surface area (Å²) in [5.41, 5.74) is 3.22. The number of Topliss-reactive ketones (excluding diaryl/α,β-unsaturated/α-hetero) is 1. The highest BCUT2D eigenvalue weighted by molar-refractivity contribution is 9.10. The first-order valence-electron chi connectivity index (χ1n) is 6.33. The predicted octanol–water partition coefficient (Wildman–Crippen LogP) is 5.38. The van der Waals surface area contributed by atoms with Crippen LogP contribution in [-0.4, -0.2) is 10.5 Å². The van der Waals surface area contributed by atoms with Crippen LogP contribution in [0.1, 0.15) is 37.6 Å². The minimum atomic E-state index is -0.447. The molecule has 0 bridgehead atoms. The van der Waals surface area contributed by atoms with E-state index in [1.165, 1.54) is 11.1 Å². The van der Waals surface area contributed by atoms with E-state index < -0.39 is 4.75 Å². The van der Waals surface area contributed by atoms with Crippen LogP contribution < -0.4 is 0 Å². The first-order valence-corrected chi connectivity index (χ1v) is 8.00. The molecule has 2 rings (SSSR count). The first-order chi connectivity index (χ1) is 8.98. The van der Waals surface area contributed by atoms with Crippen molar-refractivity contribution < 1.29 is 4.79 Å². The predicted molar refractivity (Wildman–Crippen MR) is 86.6 cm³/mol. The van der Waals surface area contributed by atoms with Crippen LogP contribution >= 0.6 is 27.7 Å². The van der Waals surface area contributed by atoms with Crippen molar-refractivity contribution >= 4 is 33.5 Å².